The second kappa shape index (κ2) is 16.2. The van der Waals surface area contributed by atoms with Crippen molar-refractivity contribution >= 4 is 17.8 Å². The van der Waals surface area contributed by atoms with Crippen LogP contribution in [0.2, 0.25) is 0 Å². The molecule has 0 radical (unpaired) electrons. The van der Waals surface area contributed by atoms with Crippen LogP contribution in [0.3, 0.4) is 0 Å². The Hall–Kier alpha value is -5.04. The van der Waals surface area contributed by atoms with E-state index in [1.807, 2.05) is 0 Å². The van der Waals surface area contributed by atoms with Crippen LogP contribution in [-0.4, -0.2) is 47.2 Å². The van der Waals surface area contributed by atoms with Crippen LogP contribution in [0.5, 0.6) is 5.75 Å². The lowest BCUT2D eigenvalue weighted by Gasteiger charge is -2.31. The van der Waals surface area contributed by atoms with Gasteiger partial charge in [0.1, 0.15) is 11.4 Å². The van der Waals surface area contributed by atoms with Gasteiger partial charge in [-0.25, -0.2) is 19.2 Å². The van der Waals surface area contributed by atoms with Crippen LogP contribution >= 0.6 is 0 Å². The molecule has 0 aromatic heterocycles. The van der Waals surface area contributed by atoms with E-state index in [1.54, 1.807) is 69.3 Å². The van der Waals surface area contributed by atoms with Crippen molar-refractivity contribution in [3.05, 3.63) is 111 Å². The molecule has 12 nitrogen and oxygen atoms in total. The monoisotopic (exact) mass is 664 g/mol. The van der Waals surface area contributed by atoms with E-state index < -0.39 is 40.8 Å². The molecule has 14 heteroatoms. The number of aliphatic hydroxyl groups is 1. The Morgan fingerprint density at radius 1 is 1.10 bits per heavy atom. The molecule has 0 unspecified atom stereocenters. The topological polar surface area (TPSA) is 167 Å². The highest BCUT2D eigenvalue weighted by Gasteiger charge is 2.54. The Bertz CT molecular complexity index is 1670. The fourth-order valence-corrected chi connectivity index (χ4v) is 5.06. The zero-order chi connectivity index (χ0) is 34.7. The van der Waals surface area contributed by atoms with E-state index in [0.29, 0.717) is 41.0 Å². The van der Waals surface area contributed by atoms with Gasteiger partial charge in [-0.1, -0.05) is 35.4 Å². The van der Waals surface area contributed by atoms with E-state index in [0.717, 1.165) is 12.1 Å². The van der Waals surface area contributed by atoms with Gasteiger partial charge < -0.3 is 19.3 Å². The van der Waals surface area contributed by atoms with E-state index >= 15 is 0 Å². The maximum absolute atomic E-state index is 14.3. The summed E-state index contributed by atoms with van der Waals surface area (Å²) in [6.07, 6.45) is -0.979. The van der Waals surface area contributed by atoms with Gasteiger partial charge in [-0.2, -0.15) is 0 Å². The number of hydrogen-bond donors (Lipinski definition) is 3. The van der Waals surface area contributed by atoms with Crippen molar-refractivity contribution in [1.29, 1.82) is 0 Å². The molecule has 0 saturated carbocycles. The number of halogens is 2. The fourth-order valence-electron chi connectivity index (χ4n) is 5.06. The Labute approximate surface area is 276 Å². The molecule has 0 fully saturated rings. The second-order valence-electron chi connectivity index (χ2n) is 12.0. The van der Waals surface area contributed by atoms with E-state index in [-0.39, 0.29) is 38.4 Å². The molecule has 4 rings (SSSR count). The van der Waals surface area contributed by atoms with Crippen LogP contribution in [0.1, 0.15) is 68.4 Å². The van der Waals surface area contributed by atoms with E-state index in [1.165, 1.54) is 6.07 Å². The average molecular weight is 665 g/mol. The van der Waals surface area contributed by atoms with Crippen molar-refractivity contribution < 1.29 is 37.7 Å². The summed E-state index contributed by atoms with van der Waals surface area (Å²) in [5.41, 5.74) is 13.8. The third kappa shape index (κ3) is 9.28. The zero-order valence-corrected chi connectivity index (χ0v) is 26.9. The summed E-state index contributed by atoms with van der Waals surface area (Å²) >= 11 is 0. The molecule has 254 valence electrons. The number of benzene rings is 3. The van der Waals surface area contributed by atoms with Crippen molar-refractivity contribution in [3.8, 4) is 5.75 Å². The third-order valence-corrected chi connectivity index (χ3v) is 7.28. The largest absolute Gasteiger partial charge is 0.494 e. The predicted molar refractivity (Wildman–Crippen MR) is 172 cm³/mol. The second-order valence-corrected chi connectivity index (χ2v) is 12.0. The molecule has 0 saturated heterocycles. The molecular weight excluding hydrogens is 626 g/mol. The summed E-state index contributed by atoms with van der Waals surface area (Å²) in [6, 6.07) is 17.1. The zero-order valence-electron chi connectivity index (χ0n) is 26.9. The molecule has 1 aliphatic rings. The summed E-state index contributed by atoms with van der Waals surface area (Å²) in [7, 11) is 0. The Morgan fingerprint density at radius 2 is 1.85 bits per heavy atom. The molecule has 48 heavy (non-hydrogen) atoms. The number of amides is 1. The first-order valence-corrected chi connectivity index (χ1v) is 15.3. The van der Waals surface area contributed by atoms with Gasteiger partial charge in [0.05, 0.1) is 13.2 Å². The van der Waals surface area contributed by atoms with Gasteiger partial charge in [0.2, 0.25) is 5.90 Å². The molecule has 2 atom stereocenters. The highest BCUT2D eigenvalue weighted by Crippen LogP contribution is 2.44. The Morgan fingerprint density at radius 3 is 2.54 bits per heavy atom. The third-order valence-electron chi connectivity index (χ3n) is 7.28. The van der Waals surface area contributed by atoms with Crippen molar-refractivity contribution in [3.63, 3.8) is 0 Å². The van der Waals surface area contributed by atoms with Gasteiger partial charge in [-0.15, -0.1) is 0 Å². The first kappa shape index (κ1) is 35.8. The van der Waals surface area contributed by atoms with E-state index in [9.17, 15) is 18.4 Å². The number of carbonyl (C=O) groups is 2. The minimum atomic E-state index is -1.75. The van der Waals surface area contributed by atoms with Gasteiger partial charge in [0.25, 0.3) is 5.91 Å². The number of hydrogen-bond acceptors (Lipinski definition) is 9. The molecule has 0 aliphatic carbocycles. The highest BCUT2D eigenvalue weighted by molar-refractivity contribution is 6.01. The van der Waals surface area contributed by atoms with Crippen molar-refractivity contribution in [1.82, 2.24) is 10.9 Å². The van der Waals surface area contributed by atoms with Crippen LogP contribution in [-0.2, 0) is 32.2 Å². The number of rotatable bonds is 15. The average Bonchev–Trinajstić information content (AvgIpc) is 3.45. The number of carbonyl (C=O) groups excluding carboxylic acids is 2. The lowest BCUT2D eigenvalue weighted by molar-refractivity contribution is -0.155. The summed E-state index contributed by atoms with van der Waals surface area (Å²) < 4.78 is 44.9. The van der Waals surface area contributed by atoms with Crippen LogP contribution in [0.25, 0.3) is 10.4 Å². The van der Waals surface area contributed by atoms with Gasteiger partial charge >= 0.3 is 5.97 Å². The van der Waals surface area contributed by atoms with E-state index in [4.69, 9.17) is 29.8 Å². The van der Waals surface area contributed by atoms with Crippen molar-refractivity contribution in [2.24, 2.45) is 10.1 Å². The van der Waals surface area contributed by atoms with Gasteiger partial charge in [-0.3, -0.25) is 15.0 Å². The minimum absolute atomic E-state index is 0.00560. The Balaban J connectivity index is 1.74. The first-order chi connectivity index (χ1) is 23.0. The molecule has 1 amide bonds. The molecule has 3 aromatic rings. The maximum atomic E-state index is 14.3. The highest BCUT2D eigenvalue weighted by atomic mass is 19.2. The maximum Gasteiger partial charge on any atom is 0.306 e. The summed E-state index contributed by atoms with van der Waals surface area (Å²) in [4.78, 5) is 35.0. The molecule has 1 aliphatic heterocycles. The molecule has 3 aromatic carbocycles. The number of aliphatic imine (C=N–C) groups is 1. The first-order valence-electron chi connectivity index (χ1n) is 15.3. The molecule has 1 heterocycles. The minimum Gasteiger partial charge on any atom is -0.494 e. The smallest absolute Gasteiger partial charge is 0.306 e. The molecule has 3 N–H and O–H groups in total. The van der Waals surface area contributed by atoms with Crippen LogP contribution in [0, 0.1) is 11.6 Å². The Kier molecular flexibility index (Phi) is 12.1. The lowest BCUT2D eigenvalue weighted by atomic mass is 9.82. The number of ether oxygens (including phenoxy) is 3. The van der Waals surface area contributed by atoms with Gasteiger partial charge in [0.15, 0.2) is 23.3 Å². The van der Waals surface area contributed by atoms with Crippen molar-refractivity contribution in [2.75, 3.05) is 13.2 Å². The fraction of sp³-hybridized carbons (Fsp3) is 0.382. The van der Waals surface area contributed by atoms with Gasteiger partial charge in [0, 0.05) is 36.5 Å². The lowest BCUT2D eigenvalue weighted by Crippen LogP contribution is -2.53. The number of aliphatic hydroxyl groups excluding tert-OH is 1. The SMILES string of the molecule is CC(C)(C)OC(=O)CC[C@]1(C(=O)NNCc2ccc(F)c(F)c2)N=C(c2ccc(OCCCO)cc2)O[C@H]1c1ccccc1CN=[N+]=[N-]. The molecular formula is C34H38F2N6O6. The number of azide groups is 1. The summed E-state index contributed by atoms with van der Waals surface area (Å²) in [6.45, 7) is 5.42. The summed E-state index contributed by atoms with van der Waals surface area (Å²) in [5.74, 6) is -2.59. The van der Waals surface area contributed by atoms with Crippen molar-refractivity contribution in [2.45, 2.75) is 70.4 Å². The number of nitrogens with one attached hydrogen (secondary N) is 2. The van der Waals surface area contributed by atoms with Crippen LogP contribution < -0.4 is 15.6 Å². The number of hydrazine groups is 1. The number of nitrogens with zero attached hydrogens (tertiary/aromatic N) is 4. The predicted octanol–water partition coefficient (Wildman–Crippen LogP) is 5.74. The summed E-state index contributed by atoms with van der Waals surface area (Å²) in [5, 5.41) is 12.8. The molecule has 0 bridgehead atoms. The van der Waals surface area contributed by atoms with E-state index in [2.05, 4.69) is 20.9 Å². The number of esters is 1. The molecule has 0 spiro atoms. The quantitative estimate of drug-likeness (QED) is 0.0465. The van der Waals surface area contributed by atoms with Crippen LogP contribution in [0.15, 0.2) is 76.8 Å². The normalized spacial score (nSPS) is 17.1. The van der Waals surface area contributed by atoms with Crippen LogP contribution in [0.4, 0.5) is 8.78 Å². The van der Waals surface area contributed by atoms with Gasteiger partial charge in [-0.05, 0) is 85.8 Å². The standard InChI is InChI=1S/C34H38F2N6O6/c1-33(2,3)48-29(44)15-16-34(32(45)41-38-20-22-9-14-27(35)28(36)19-22)30(26-8-5-4-7-24(26)21-39-42-37)47-31(40-34)23-10-12-25(13-11-23)46-18-6-17-43/h4-5,7-14,19,30,38,43H,6,15-18,20-21H2,1-3H3,(H,41,45)/t30-,34-/m0/s1.